The van der Waals surface area contributed by atoms with E-state index in [9.17, 15) is 0 Å². The van der Waals surface area contributed by atoms with E-state index in [-0.39, 0.29) is 0 Å². The Hall–Kier alpha value is -0.530. The maximum absolute atomic E-state index is 6.13. The molecule has 0 bridgehead atoms. The van der Waals surface area contributed by atoms with Gasteiger partial charge in [-0.05, 0) is 48.8 Å². The summed E-state index contributed by atoms with van der Waals surface area (Å²) in [6, 6.07) is 9.40. The van der Waals surface area contributed by atoms with Crippen LogP contribution in [-0.4, -0.2) is 6.04 Å². The van der Waals surface area contributed by atoms with E-state index in [0.29, 0.717) is 12.1 Å². The fourth-order valence-corrected chi connectivity index (χ4v) is 3.64. The van der Waals surface area contributed by atoms with Gasteiger partial charge in [0.1, 0.15) is 0 Å². The van der Waals surface area contributed by atoms with Gasteiger partial charge >= 0.3 is 0 Å². The topological polar surface area (TPSA) is 12.0 Å². The maximum Gasteiger partial charge on any atom is 0.0409 e. The summed E-state index contributed by atoms with van der Waals surface area (Å²) in [5, 5.41) is 4.71. The van der Waals surface area contributed by atoms with Crippen LogP contribution in [0, 0.1) is 11.8 Å². The van der Waals surface area contributed by atoms with Crippen molar-refractivity contribution >= 4 is 11.6 Å². The summed E-state index contributed by atoms with van der Waals surface area (Å²) in [6.07, 6.45) is 6.54. The molecule has 1 aliphatic carbocycles. The largest absolute Gasteiger partial charge is 0.307 e. The first-order valence-corrected chi connectivity index (χ1v) is 8.49. The van der Waals surface area contributed by atoms with Crippen molar-refractivity contribution in [1.29, 1.82) is 0 Å². The van der Waals surface area contributed by atoms with Gasteiger partial charge in [0.2, 0.25) is 0 Å². The zero-order valence-electron chi connectivity index (χ0n) is 13.0. The summed E-state index contributed by atoms with van der Waals surface area (Å²) in [5.41, 5.74) is 1.33. The van der Waals surface area contributed by atoms with E-state index in [1.165, 1.54) is 31.2 Å². The predicted octanol–water partition coefficient (Wildman–Crippen LogP) is 5.60. The molecular formula is C18H28ClN. The monoisotopic (exact) mass is 293 g/mol. The lowest BCUT2D eigenvalue weighted by Crippen LogP contribution is -2.37. The third-order valence-electron chi connectivity index (χ3n) is 4.75. The van der Waals surface area contributed by atoms with E-state index < -0.39 is 0 Å². The molecule has 1 aliphatic rings. The first-order valence-electron chi connectivity index (χ1n) is 8.11. The van der Waals surface area contributed by atoms with Gasteiger partial charge in [0, 0.05) is 17.1 Å². The van der Waals surface area contributed by atoms with Gasteiger partial charge < -0.3 is 5.32 Å². The fourth-order valence-electron chi connectivity index (χ4n) is 3.44. The normalized spacial score (nSPS) is 24.9. The van der Waals surface area contributed by atoms with Crippen LogP contribution in [0.15, 0.2) is 24.3 Å². The average Bonchev–Trinajstić information content (AvgIpc) is 2.45. The van der Waals surface area contributed by atoms with E-state index in [2.05, 4.69) is 44.3 Å². The number of halogens is 1. The van der Waals surface area contributed by atoms with Crippen LogP contribution in [0.4, 0.5) is 0 Å². The summed E-state index contributed by atoms with van der Waals surface area (Å²) in [4.78, 5) is 0. The van der Waals surface area contributed by atoms with Crippen LogP contribution < -0.4 is 5.32 Å². The number of hydrogen-bond acceptors (Lipinski definition) is 1. The van der Waals surface area contributed by atoms with Crippen LogP contribution in [0.5, 0.6) is 0 Å². The Morgan fingerprint density at radius 1 is 1.30 bits per heavy atom. The van der Waals surface area contributed by atoms with Gasteiger partial charge in [-0.1, -0.05) is 57.3 Å². The van der Waals surface area contributed by atoms with Crippen LogP contribution in [0.25, 0.3) is 0 Å². The highest BCUT2D eigenvalue weighted by molar-refractivity contribution is 6.30. The lowest BCUT2D eigenvalue weighted by Gasteiger charge is -2.34. The molecule has 20 heavy (non-hydrogen) atoms. The Kier molecular flexibility index (Phi) is 5.92. The van der Waals surface area contributed by atoms with Gasteiger partial charge in [0.15, 0.2) is 0 Å². The minimum atomic E-state index is 0.435. The van der Waals surface area contributed by atoms with Crippen LogP contribution in [-0.2, 0) is 0 Å². The summed E-state index contributed by atoms with van der Waals surface area (Å²) < 4.78 is 0. The molecule has 0 saturated heterocycles. The highest BCUT2D eigenvalue weighted by Gasteiger charge is 2.25. The molecule has 2 rings (SSSR count). The van der Waals surface area contributed by atoms with Crippen molar-refractivity contribution in [3.8, 4) is 0 Å². The number of nitrogens with one attached hydrogen (secondary N) is 1. The van der Waals surface area contributed by atoms with Crippen LogP contribution in [0.3, 0.4) is 0 Å². The summed E-state index contributed by atoms with van der Waals surface area (Å²) in [6.45, 7) is 6.98. The van der Waals surface area contributed by atoms with E-state index in [0.717, 1.165) is 23.3 Å². The minimum absolute atomic E-state index is 0.435. The van der Waals surface area contributed by atoms with Gasteiger partial charge in [-0.15, -0.1) is 0 Å². The Morgan fingerprint density at radius 3 is 2.75 bits per heavy atom. The molecule has 3 atom stereocenters. The third kappa shape index (κ3) is 4.23. The molecule has 1 N–H and O–H groups in total. The second kappa shape index (κ2) is 7.47. The average molecular weight is 294 g/mol. The molecule has 3 unspecified atom stereocenters. The Balaban J connectivity index is 1.99. The molecule has 0 aromatic heterocycles. The zero-order valence-corrected chi connectivity index (χ0v) is 13.8. The third-order valence-corrected chi connectivity index (χ3v) is 4.99. The van der Waals surface area contributed by atoms with Crippen LogP contribution >= 0.6 is 11.6 Å². The van der Waals surface area contributed by atoms with Gasteiger partial charge in [-0.3, -0.25) is 0 Å². The lowest BCUT2D eigenvalue weighted by molar-refractivity contribution is 0.219. The first-order chi connectivity index (χ1) is 9.60. The first kappa shape index (κ1) is 15.9. The van der Waals surface area contributed by atoms with Gasteiger partial charge in [0.25, 0.3) is 0 Å². The number of benzene rings is 1. The zero-order chi connectivity index (χ0) is 14.5. The number of rotatable bonds is 5. The van der Waals surface area contributed by atoms with Crippen molar-refractivity contribution < 1.29 is 0 Å². The Bertz CT molecular complexity index is 416. The molecule has 1 aromatic rings. The summed E-state index contributed by atoms with van der Waals surface area (Å²) >= 11 is 6.13. The van der Waals surface area contributed by atoms with E-state index in [1.807, 2.05) is 6.07 Å². The van der Waals surface area contributed by atoms with Crippen molar-refractivity contribution in [2.45, 2.75) is 65.0 Å². The molecule has 112 valence electrons. The minimum Gasteiger partial charge on any atom is -0.307 e. The smallest absolute Gasteiger partial charge is 0.0409 e. The molecule has 0 spiro atoms. The van der Waals surface area contributed by atoms with Crippen molar-refractivity contribution in [1.82, 2.24) is 5.32 Å². The van der Waals surface area contributed by atoms with Gasteiger partial charge in [-0.25, -0.2) is 0 Å². The molecule has 1 nitrogen and oxygen atoms in total. The molecule has 1 saturated carbocycles. The summed E-state index contributed by atoms with van der Waals surface area (Å²) in [7, 11) is 0. The molecule has 2 heteroatoms. The molecule has 0 heterocycles. The summed E-state index contributed by atoms with van der Waals surface area (Å²) in [5.74, 6) is 1.70. The molecule has 0 aliphatic heterocycles. The van der Waals surface area contributed by atoms with Crippen LogP contribution in [0.2, 0.25) is 5.02 Å². The fraction of sp³-hybridized carbons (Fsp3) is 0.667. The molecule has 1 fully saturated rings. The lowest BCUT2D eigenvalue weighted by atomic mass is 9.79. The van der Waals surface area contributed by atoms with Crippen molar-refractivity contribution in [2.24, 2.45) is 11.8 Å². The molecule has 0 amide bonds. The van der Waals surface area contributed by atoms with Crippen LogP contribution in [0.1, 0.15) is 64.5 Å². The van der Waals surface area contributed by atoms with E-state index in [1.54, 1.807) is 0 Å². The number of hydrogen-bond donors (Lipinski definition) is 1. The molecule has 1 aromatic carbocycles. The maximum atomic E-state index is 6.13. The van der Waals surface area contributed by atoms with Crippen molar-refractivity contribution in [3.05, 3.63) is 34.9 Å². The molecule has 0 radical (unpaired) electrons. The Labute approximate surface area is 129 Å². The molecular weight excluding hydrogens is 266 g/mol. The van der Waals surface area contributed by atoms with Gasteiger partial charge in [0.05, 0.1) is 0 Å². The quantitative estimate of drug-likeness (QED) is 0.745. The standard InChI is InChI=1S/C18H28ClN/c1-4-18(15-8-5-9-16(19)11-15)20-17-10-6-7-14(12-17)13(2)3/h5,8-9,11,13-14,17-18,20H,4,6-7,10,12H2,1-3H3. The SMILES string of the molecule is CCC(NC1CCCC(C(C)C)C1)c1cccc(Cl)c1. The van der Waals surface area contributed by atoms with Crippen molar-refractivity contribution in [3.63, 3.8) is 0 Å². The highest BCUT2D eigenvalue weighted by atomic mass is 35.5. The predicted molar refractivity (Wildman–Crippen MR) is 88.2 cm³/mol. The second-order valence-electron chi connectivity index (χ2n) is 6.55. The second-order valence-corrected chi connectivity index (χ2v) is 6.99. The van der Waals surface area contributed by atoms with Crippen molar-refractivity contribution in [2.75, 3.05) is 0 Å². The van der Waals surface area contributed by atoms with Gasteiger partial charge in [-0.2, -0.15) is 0 Å². The highest BCUT2D eigenvalue weighted by Crippen LogP contribution is 2.31. The Morgan fingerprint density at radius 2 is 2.10 bits per heavy atom. The van der Waals surface area contributed by atoms with E-state index in [4.69, 9.17) is 11.6 Å². The van der Waals surface area contributed by atoms with E-state index >= 15 is 0 Å².